The van der Waals surface area contributed by atoms with E-state index in [-0.39, 0.29) is 6.54 Å². The van der Waals surface area contributed by atoms with E-state index in [1.54, 1.807) is 0 Å². The molecule has 0 fully saturated rings. The van der Waals surface area contributed by atoms with E-state index >= 15 is 0 Å². The molecule has 0 aliphatic rings. The van der Waals surface area contributed by atoms with E-state index in [1.807, 2.05) is 6.92 Å². The molecule has 0 rings (SSSR count). The second-order valence-electron chi connectivity index (χ2n) is 2.20. The van der Waals surface area contributed by atoms with Crippen LogP contribution in [0.25, 0.3) is 0 Å². The molecule has 0 saturated carbocycles. The van der Waals surface area contributed by atoms with Crippen LogP contribution in [0, 0.1) is 0 Å². The summed E-state index contributed by atoms with van der Waals surface area (Å²) in [6.45, 7) is 2.70. The van der Waals surface area contributed by atoms with E-state index in [1.165, 1.54) is 0 Å². The van der Waals surface area contributed by atoms with Crippen molar-refractivity contribution in [2.24, 2.45) is 16.6 Å². The number of aliphatic imine (C=N–C) groups is 1. The summed E-state index contributed by atoms with van der Waals surface area (Å²) in [5, 5.41) is 2.88. The highest BCUT2D eigenvalue weighted by atomic mass is 16.1. The van der Waals surface area contributed by atoms with E-state index < -0.39 is 5.91 Å². The molecule has 0 aromatic heterocycles. The fourth-order valence-corrected chi connectivity index (χ4v) is 0.553. The Bertz CT molecular complexity index is 167. The first-order valence-corrected chi connectivity index (χ1v) is 3.74. The predicted molar refractivity (Wildman–Crippen MR) is 47.1 cm³/mol. The average molecular weight is 173 g/mol. The van der Waals surface area contributed by atoms with Crippen LogP contribution in [0.4, 0.5) is 0 Å². The number of carbonyl (C=O) groups is 1. The van der Waals surface area contributed by atoms with Gasteiger partial charge in [-0.2, -0.15) is 0 Å². The fourth-order valence-electron chi connectivity index (χ4n) is 0.553. The molecular weight excluding hydrogens is 158 g/mol. The minimum Gasteiger partial charge on any atom is -0.368 e. The SMILES string of the molecule is CCCNC(=NCC(N)=O)NN. The number of primary amides is 1. The summed E-state index contributed by atoms with van der Waals surface area (Å²) < 4.78 is 0. The fraction of sp³-hybridized carbons (Fsp3) is 0.667. The van der Waals surface area contributed by atoms with Gasteiger partial charge in [0, 0.05) is 6.54 Å². The Kier molecular flexibility index (Phi) is 5.72. The molecule has 0 bridgehead atoms. The van der Waals surface area contributed by atoms with Crippen LogP contribution in [-0.4, -0.2) is 25.0 Å². The Labute approximate surface area is 71.4 Å². The van der Waals surface area contributed by atoms with Gasteiger partial charge < -0.3 is 11.1 Å². The zero-order valence-corrected chi connectivity index (χ0v) is 7.13. The lowest BCUT2D eigenvalue weighted by Gasteiger charge is -2.06. The zero-order valence-electron chi connectivity index (χ0n) is 7.13. The van der Waals surface area contributed by atoms with Crippen LogP contribution in [0.1, 0.15) is 13.3 Å². The number of guanidine groups is 1. The summed E-state index contributed by atoms with van der Waals surface area (Å²) in [6, 6.07) is 0. The molecule has 0 aromatic carbocycles. The van der Waals surface area contributed by atoms with Crippen molar-refractivity contribution < 1.29 is 4.79 Å². The maximum atomic E-state index is 10.3. The van der Waals surface area contributed by atoms with E-state index in [4.69, 9.17) is 11.6 Å². The van der Waals surface area contributed by atoms with Crippen molar-refractivity contribution in [3.05, 3.63) is 0 Å². The first kappa shape index (κ1) is 10.7. The monoisotopic (exact) mass is 173 g/mol. The Hall–Kier alpha value is -1.30. The predicted octanol–water partition coefficient (Wildman–Crippen LogP) is -1.71. The number of nitrogens with zero attached hydrogens (tertiary/aromatic N) is 1. The number of amides is 1. The molecule has 12 heavy (non-hydrogen) atoms. The van der Waals surface area contributed by atoms with Crippen LogP contribution >= 0.6 is 0 Å². The van der Waals surface area contributed by atoms with Crippen molar-refractivity contribution in [1.29, 1.82) is 0 Å². The van der Waals surface area contributed by atoms with Gasteiger partial charge in [0.1, 0.15) is 6.54 Å². The summed E-state index contributed by atoms with van der Waals surface area (Å²) in [5.74, 6) is 5.00. The van der Waals surface area contributed by atoms with E-state index in [0.29, 0.717) is 5.96 Å². The molecule has 0 radical (unpaired) electrons. The number of nitrogens with two attached hydrogens (primary N) is 2. The van der Waals surface area contributed by atoms with Gasteiger partial charge in [0.05, 0.1) is 0 Å². The van der Waals surface area contributed by atoms with Crippen LogP contribution in [0.5, 0.6) is 0 Å². The average Bonchev–Trinajstić information content (AvgIpc) is 2.05. The molecule has 0 saturated heterocycles. The lowest BCUT2D eigenvalue weighted by molar-refractivity contribution is -0.116. The Morgan fingerprint density at radius 2 is 2.25 bits per heavy atom. The highest BCUT2D eigenvalue weighted by molar-refractivity contribution is 5.83. The molecule has 0 aliphatic carbocycles. The number of carbonyl (C=O) groups excluding carboxylic acids is 1. The van der Waals surface area contributed by atoms with Crippen LogP contribution < -0.4 is 22.3 Å². The van der Waals surface area contributed by atoms with Crippen molar-refractivity contribution in [3.63, 3.8) is 0 Å². The molecule has 0 unspecified atom stereocenters. The van der Waals surface area contributed by atoms with E-state index in [0.717, 1.165) is 13.0 Å². The van der Waals surface area contributed by atoms with E-state index in [2.05, 4.69) is 15.7 Å². The Morgan fingerprint density at radius 3 is 2.67 bits per heavy atom. The highest BCUT2D eigenvalue weighted by Gasteiger charge is 1.94. The van der Waals surface area contributed by atoms with Crippen molar-refractivity contribution in [1.82, 2.24) is 10.7 Å². The van der Waals surface area contributed by atoms with Crippen molar-refractivity contribution in [2.75, 3.05) is 13.1 Å². The van der Waals surface area contributed by atoms with Crippen LogP contribution in [0.3, 0.4) is 0 Å². The molecule has 6 N–H and O–H groups in total. The van der Waals surface area contributed by atoms with Crippen molar-refractivity contribution >= 4 is 11.9 Å². The number of rotatable bonds is 4. The van der Waals surface area contributed by atoms with Crippen molar-refractivity contribution in [2.45, 2.75) is 13.3 Å². The number of hydrazine groups is 1. The molecule has 0 heterocycles. The van der Waals surface area contributed by atoms with Gasteiger partial charge in [0.15, 0.2) is 0 Å². The third-order valence-corrected chi connectivity index (χ3v) is 1.07. The Morgan fingerprint density at radius 1 is 1.58 bits per heavy atom. The largest absolute Gasteiger partial charge is 0.368 e. The smallest absolute Gasteiger partial charge is 0.239 e. The van der Waals surface area contributed by atoms with Gasteiger partial charge in [-0.05, 0) is 6.42 Å². The third-order valence-electron chi connectivity index (χ3n) is 1.07. The highest BCUT2D eigenvalue weighted by Crippen LogP contribution is 1.73. The van der Waals surface area contributed by atoms with Gasteiger partial charge in [0.2, 0.25) is 11.9 Å². The second-order valence-corrected chi connectivity index (χ2v) is 2.20. The van der Waals surface area contributed by atoms with Crippen molar-refractivity contribution in [3.8, 4) is 0 Å². The van der Waals surface area contributed by atoms with Crippen LogP contribution in [0.15, 0.2) is 4.99 Å². The second kappa shape index (κ2) is 6.41. The number of hydrogen-bond acceptors (Lipinski definition) is 3. The van der Waals surface area contributed by atoms with Gasteiger partial charge in [-0.1, -0.05) is 6.92 Å². The van der Waals surface area contributed by atoms with Gasteiger partial charge in [0.25, 0.3) is 0 Å². The van der Waals surface area contributed by atoms with Gasteiger partial charge >= 0.3 is 0 Å². The molecular formula is C6H15N5O. The maximum Gasteiger partial charge on any atom is 0.239 e. The number of nitrogens with one attached hydrogen (secondary N) is 2. The summed E-state index contributed by atoms with van der Waals surface area (Å²) in [5.41, 5.74) is 7.21. The molecule has 70 valence electrons. The van der Waals surface area contributed by atoms with E-state index in [9.17, 15) is 4.79 Å². The molecule has 0 aliphatic heterocycles. The minimum atomic E-state index is -0.485. The molecule has 0 aromatic rings. The van der Waals surface area contributed by atoms with Gasteiger partial charge in [-0.15, -0.1) is 0 Å². The summed E-state index contributed by atoms with van der Waals surface area (Å²) in [6.07, 6.45) is 0.956. The van der Waals surface area contributed by atoms with Gasteiger partial charge in [-0.25, -0.2) is 10.8 Å². The zero-order chi connectivity index (χ0) is 9.40. The number of hydrogen-bond donors (Lipinski definition) is 4. The topological polar surface area (TPSA) is 106 Å². The van der Waals surface area contributed by atoms with Gasteiger partial charge in [-0.3, -0.25) is 10.2 Å². The third kappa shape index (κ3) is 5.48. The minimum absolute atomic E-state index is 0.0593. The first-order valence-electron chi connectivity index (χ1n) is 3.74. The van der Waals surface area contributed by atoms with Crippen LogP contribution in [0.2, 0.25) is 0 Å². The molecule has 0 spiro atoms. The lowest BCUT2D eigenvalue weighted by atomic mass is 10.5. The maximum absolute atomic E-state index is 10.3. The summed E-state index contributed by atoms with van der Waals surface area (Å²) in [4.78, 5) is 14.1. The molecule has 6 nitrogen and oxygen atoms in total. The first-order chi connectivity index (χ1) is 5.70. The molecule has 1 amide bonds. The summed E-state index contributed by atoms with van der Waals surface area (Å²) >= 11 is 0. The Balaban J connectivity index is 3.78. The quantitative estimate of drug-likeness (QED) is 0.176. The standard InChI is InChI=1S/C6H15N5O/c1-2-3-9-6(11-8)10-4-5(7)12/h2-4,8H2,1H3,(H2,7,12)(H2,9,10,11). The molecule has 0 atom stereocenters. The molecule has 6 heteroatoms. The normalized spacial score (nSPS) is 11.0. The lowest BCUT2D eigenvalue weighted by Crippen LogP contribution is -2.42. The van der Waals surface area contributed by atoms with Crippen LogP contribution in [-0.2, 0) is 4.79 Å². The summed E-state index contributed by atoms with van der Waals surface area (Å²) in [7, 11) is 0.